The molecule has 0 aromatic rings. The average molecular weight is 277 g/mol. The minimum Gasteiger partial charge on any atom is -0.316 e. The Morgan fingerprint density at radius 1 is 1.00 bits per heavy atom. The highest BCUT2D eigenvalue weighted by Crippen LogP contribution is 2.24. The SMILES string of the molecule is CNC(CCCCS(=O)(=O)C(C)(C)C)C(C)(C)C. The first-order valence-electron chi connectivity index (χ1n) is 6.81. The van der Waals surface area contributed by atoms with Gasteiger partial charge in [-0.1, -0.05) is 27.2 Å². The fourth-order valence-corrected chi connectivity index (χ4v) is 3.15. The van der Waals surface area contributed by atoms with Crippen molar-refractivity contribution in [2.75, 3.05) is 12.8 Å². The topological polar surface area (TPSA) is 46.2 Å². The highest BCUT2D eigenvalue weighted by atomic mass is 32.2. The summed E-state index contributed by atoms with van der Waals surface area (Å²) in [6.45, 7) is 11.9. The smallest absolute Gasteiger partial charge is 0.155 e. The van der Waals surface area contributed by atoms with Gasteiger partial charge in [-0.15, -0.1) is 0 Å². The maximum atomic E-state index is 11.9. The lowest BCUT2D eigenvalue weighted by Gasteiger charge is -2.30. The van der Waals surface area contributed by atoms with E-state index in [2.05, 4.69) is 26.1 Å². The molecular formula is C14H31NO2S. The molecule has 0 saturated heterocycles. The number of rotatable bonds is 6. The van der Waals surface area contributed by atoms with Gasteiger partial charge < -0.3 is 5.32 Å². The largest absolute Gasteiger partial charge is 0.316 e. The molecule has 0 aromatic carbocycles. The molecule has 0 aliphatic heterocycles. The predicted molar refractivity (Wildman–Crippen MR) is 79.7 cm³/mol. The van der Waals surface area contributed by atoms with Crippen LogP contribution in [0.25, 0.3) is 0 Å². The van der Waals surface area contributed by atoms with E-state index in [1.807, 2.05) is 7.05 Å². The normalized spacial score (nSPS) is 15.7. The van der Waals surface area contributed by atoms with Gasteiger partial charge in [0.1, 0.15) is 0 Å². The van der Waals surface area contributed by atoms with Gasteiger partial charge >= 0.3 is 0 Å². The third-order valence-electron chi connectivity index (χ3n) is 3.48. The van der Waals surface area contributed by atoms with Gasteiger partial charge in [0.15, 0.2) is 9.84 Å². The molecule has 1 N–H and O–H groups in total. The van der Waals surface area contributed by atoms with Crippen LogP contribution in [0.5, 0.6) is 0 Å². The van der Waals surface area contributed by atoms with Crippen LogP contribution in [0, 0.1) is 5.41 Å². The van der Waals surface area contributed by atoms with Gasteiger partial charge in [-0.05, 0) is 46.1 Å². The molecule has 0 spiro atoms. The van der Waals surface area contributed by atoms with Gasteiger partial charge in [0.2, 0.25) is 0 Å². The third kappa shape index (κ3) is 5.70. The second-order valence-electron chi connectivity index (χ2n) is 7.13. The predicted octanol–water partition coefficient (Wildman–Crippen LogP) is 3.00. The zero-order valence-corrected chi connectivity index (χ0v) is 13.9. The monoisotopic (exact) mass is 277 g/mol. The lowest BCUT2D eigenvalue weighted by atomic mass is 9.84. The fourth-order valence-electron chi connectivity index (χ4n) is 1.96. The van der Waals surface area contributed by atoms with E-state index < -0.39 is 14.6 Å². The molecule has 1 unspecified atom stereocenters. The van der Waals surface area contributed by atoms with Crippen LogP contribution in [-0.2, 0) is 9.84 Å². The average Bonchev–Trinajstić information content (AvgIpc) is 2.13. The van der Waals surface area contributed by atoms with E-state index in [1.54, 1.807) is 20.8 Å². The van der Waals surface area contributed by atoms with Crippen molar-refractivity contribution in [1.29, 1.82) is 0 Å². The van der Waals surface area contributed by atoms with E-state index >= 15 is 0 Å². The molecular weight excluding hydrogens is 246 g/mol. The van der Waals surface area contributed by atoms with E-state index in [0.717, 1.165) is 19.3 Å². The van der Waals surface area contributed by atoms with E-state index in [1.165, 1.54) is 0 Å². The second kappa shape index (κ2) is 6.38. The van der Waals surface area contributed by atoms with Crippen molar-refractivity contribution in [3.8, 4) is 0 Å². The maximum Gasteiger partial charge on any atom is 0.155 e. The summed E-state index contributed by atoms with van der Waals surface area (Å²) in [7, 11) is -0.984. The lowest BCUT2D eigenvalue weighted by Crippen LogP contribution is -2.38. The zero-order chi connectivity index (χ0) is 14.6. The summed E-state index contributed by atoms with van der Waals surface area (Å²) in [5, 5.41) is 3.32. The minimum atomic E-state index is -2.96. The third-order valence-corrected chi connectivity index (χ3v) is 6.17. The minimum absolute atomic E-state index is 0.220. The first kappa shape index (κ1) is 17.9. The molecule has 0 amide bonds. The standard InChI is InChI=1S/C14H31NO2S/c1-13(2,3)12(15-7)10-8-9-11-18(16,17)14(4,5)6/h12,15H,8-11H2,1-7H3. The Bertz CT molecular complexity index is 334. The Labute approximate surface area is 114 Å². The number of hydrogen-bond acceptors (Lipinski definition) is 3. The van der Waals surface area contributed by atoms with E-state index in [-0.39, 0.29) is 5.41 Å². The first-order valence-corrected chi connectivity index (χ1v) is 8.46. The molecule has 3 nitrogen and oxygen atoms in total. The number of nitrogens with one attached hydrogen (secondary N) is 1. The van der Waals surface area contributed by atoms with E-state index in [4.69, 9.17) is 0 Å². The molecule has 0 fully saturated rings. The highest BCUT2D eigenvalue weighted by molar-refractivity contribution is 7.92. The van der Waals surface area contributed by atoms with Crippen molar-refractivity contribution < 1.29 is 8.42 Å². The Kier molecular flexibility index (Phi) is 6.34. The fraction of sp³-hybridized carbons (Fsp3) is 1.00. The molecule has 0 aromatic heterocycles. The van der Waals surface area contributed by atoms with Crippen molar-refractivity contribution in [2.24, 2.45) is 5.41 Å². The maximum absolute atomic E-state index is 11.9. The summed E-state index contributed by atoms with van der Waals surface area (Å²) in [4.78, 5) is 0. The Morgan fingerprint density at radius 2 is 1.50 bits per heavy atom. The number of unbranched alkanes of at least 4 members (excludes halogenated alkanes) is 1. The lowest BCUT2D eigenvalue weighted by molar-refractivity contribution is 0.263. The highest BCUT2D eigenvalue weighted by Gasteiger charge is 2.28. The molecule has 0 radical (unpaired) electrons. The molecule has 0 aliphatic rings. The Balaban J connectivity index is 4.16. The molecule has 18 heavy (non-hydrogen) atoms. The van der Waals surface area contributed by atoms with Crippen LogP contribution < -0.4 is 5.32 Å². The van der Waals surface area contributed by atoms with Gasteiger partial charge in [0.05, 0.1) is 10.5 Å². The molecule has 0 aliphatic carbocycles. The van der Waals surface area contributed by atoms with Crippen molar-refractivity contribution in [2.45, 2.75) is 71.6 Å². The van der Waals surface area contributed by atoms with Crippen LogP contribution in [0.4, 0.5) is 0 Å². The summed E-state index contributed by atoms with van der Waals surface area (Å²) < 4.78 is 23.3. The summed E-state index contributed by atoms with van der Waals surface area (Å²) in [5.41, 5.74) is 0.220. The van der Waals surface area contributed by atoms with E-state index in [0.29, 0.717) is 11.8 Å². The van der Waals surface area contributed by atoms with Gasteiger partial charge in [0.25, 0.3) is 0 Å². The molecule has 4 heteroatoms. The number of hydrogen-bond donors (Lipinski definition) is 1. The summed E-state index contributed by atoms with van der Waals surface area (Å²) in [6.07, 6.45) is 2.74. The molecule has 0 heterocycles. The Morgan fingerprint density at radius 3 is 1.83 bits per heavy atom. The van der Waals surface area contributed by atoms with Crippen LogP contribution in [-0.4, -0.2) is 32.0 Å². The van der Waals surface area contributed by atoms with Gasteiger partial charge in [-0.2, -0.15) is 0 Å². The van der Waals surface area contributed by atoms with Crippen LogP contribution >= 0.6 is 0 Å². The Hall–Kier alpha value is -0.0900. The van der Waals surface area contributed by atoms with Gasteiger partial charge in [-0.25, -0.2) is 8.42 Å². The van der Waals surface area contributed by atoms with E-state index in [9.17, 15) is 8.42 Å². The second-order valence-corrected chi connectivity index (χ2v) is 10.00. The quantitative estimate of drug-likeness (QED) is 0.759. The van der Waals surface area contributed by atoms with Crippen molar-refractivity contribution in [3.63, 3.8) is 0 Å². The van der Waals surface area contributed by atoms with Crippen molar-refractivity contribution in [3.05, 3.63) is 0 Å². The molecule has 1 atom stereocenters. The summed E-state index contributed by atoms with van der Waals surface area (Å²) in [6, 6.07) is 0.440. The van der Waals surface area contributed by atoms with Gasteiger partial charge in [0, 0.05) is 6.04 Å². The van der Waals surface area contributed by atoms with Crippen LogP contribution in [0.15, 0.2) is 0 Å². The first-order chi connectivity index (χ1) is 7.92. The summed E-state index contributed by atoms with van der Waals surface area (Å²) >= 11 is 0. The summed E-state index contributed by atoms with van der Waals surface area (Å²) in [5.74, 6) is 0.303. The molecule has 0 rings (SSSR count). The number of sulfone groups is 1. The molecule has 110 valence electrons. The zero-order valence-electron chi connectivity index (χ0n) is 13.1. The van der Waals surface area contributed by atoms with Crippen LogP contribution in [0.3, 0.4) is 0 Å². The van der Waals surface area contributed by atoms with Gasteiger partial charge in [-0.3, -0.25) is 0 Å². The van der Waals surface area contributed by atoms with Crippen molar-refractivity contribution >= 4 is 9.84 Å². The van der Waals surface area contributed by atoms with Crippen molar-refractivity contribution in [1.82, 2.24) is 5.32 Å². The van der Waals surface area contributed by atoms with Crippen LogP contribution in [0.1, 0.15) is 60.8 Å². The molecule has 0 bridgehead atoms. The van der Waals surface area contributed by atoms with Crippen LogP contribution in [0.2, 0.25) is 0 Å². The molecule has 0 saturated carbocycles.